The molecule has 0 saturated heterocycles. The van der Waals surface area contributed by atoms with Crippen LogP contribution in [-0.4, -0.2) is 25.0 Å². The highest BCUT2D eigenvalue weighted by molar-refractivity contribution is 5.89. The lowest BCUT2D eigenvalue weighted by atomic mass is 10.2. The molecule has 1 rings (SSSR count). The molecule has 0 heterocycles. The quantitative estimate of drug-likeness (QED) is 0.803. The van der Waals surface area contributed by atoms with Crippen LogP contribution < -0.4 is 10.6 Å². The molecule has 0 aliphatic heterocycles. The molecule has 0 aromatic heterocycles. The van der Waals surface area contributed by atoms with Crippen LogP contribution in [0.2, 0.25) is 0 Å². The molecule has 0 saturated carbocycles. The fraction of sp³-hybridized carbons (Fsp3) is 0.333. The fourth-order valence-electron chi connectivity index (χ4n) is 1.39. The molecular formula is C12H15FN2O3. The van der Waals surface area contributed by atoms with Crippen molar-refractivity contribution in [3.8, 4) is 0 Å². The molecule has 18 heavy (non-hydrogen) atoms. The zero-order chi connectivity index (χ0) is 13.7. The maximum absolute atomic E-state index is 13.4. The van der Waals surface area contributed by atoms with Crippen LogP contribution in [0.4, 0.5) is 15.8 Å². The van der Waals surface area contributed by atoms with Crippen LogP contribution in [0.3, 0.4) is 0 Å². The first-order valence-corrected chi connectivity index (χ1v) is 5.35. The number of methoxy groups -OCH3 is 1. The van der Waals surface area contributed by atoms with Gasteiger partial charge < -0.3 is 15.4 Å². The van der Waals surface area contributed by atoms with E-state index in [0.717, 1.165) is 0 Å². The summed E-state index contributed by atoms with van der Waals surface area (Å²) in [6, 6.07) is 3.53. The normalized spacial score (nSPS) is 11.6. The van der Waals surface area contributed by atoms with E-state index in [9.17, 15) is 14.0 Å². The molecule has 1 aromatic carbocycles. The number of carbonyl (C=O) groups excluding carboxylic acids is 2. The van der Waals surface area contributed by atoms with Crippen LogP contribution in [0.15, 0.2) is 18.2 Å². The summed E-state index contributed by atoms with van der Waals surface area (Å²) < 4.78 is 17.9. The zero-order valence-corrected chi connectivity index (χ0v) is 10.4. The second-order valence-corrected chi connectivity index (χ2v) is 3.76. The van der Waals surface area contributed by atoms with Crippen molar-refractivity contribution in [2.45, 2.75) is 19.9 Å². The molecule has 98 valence electrons. The molecule has 1 atom stereocenters. The van der Waals surface area contributed by atoms with Crippen LogP contribution in [0.25, 0.3) is 0 Å². The topological polar surface area (TPSA) is 67.4 Å². The van der Waals surface area contributed by atoms with Gasteiger partial charge in [-0.25, -0.2) is 9.18 Å². The third-order valence-electron chi connectivity index (χ3n) is 2.21. The first kappa shape index (κ1) is 14.0. The van der Waals surface area contributed by atoms with Gasteiger partial charge in [0.15, 0.2) is 0 Å². The molecule has 0 aliphatic carbocycles. The van der Waals surface area contributed by atoms with Gasteiger partial charge >= 0.3 is 5.97 Å². The third kappa shape index (κ3) is 3.73. The largest absolute Gasteiger partial charge is 0.467 e. The lowest BCUT2D eigenvalue weighted by Crippen LogP contribution is -2.27. The summed E-state index contributed by atoms with van der Waals surface area (Å²) in [5, 5.41) is 5.20. The van der Waals surface area contributed by atoms with Gasteiger partial charge in [0.05, 0.1) is 12.8 Å². The Morgan fingerprint density at radius 3 is 2.61 bits per heavy atom. The average Bonchev–Trinajstić information content (AvgIpc) is 2.31. The molecular weight excluding hydrogens is 239 g/mol. The number of hydrogen-bond acceptors (Lipinski definition) is 4. The molecule has 0 radical (unpaired) electrons. The van der Waals surface area contributed by atoms with Crippen molar-refractivity contribution in [1.82, 2.24) is 0 Å². The van der Waals surface area contributed by atoms with Crippen molar-refractivity contribution in [3.63, 3.8) is 0 Å². The number of ether oxygens (including phenoxy) is 1. The Balaban J connectivity index is 2.84. The van der Waals surface area contributed by atoms with E-state index >= 15 is 0 Å². The highest BCUT2D eigenvalue weighted by Crippen LogP contribution is 2.20. The van der Waals surface area contributed by atoms with Gasteiger partial charge in [0.2, 0.25) is 5.91 Å². The maximum Gasteiger partial charge on any atom is 0.327 e. The van der Waals surface area contributed by atoms with E-state index in [-0.39, 0.29) is 11.6 Å². The first-order valence-electron chi connectivity index (χ1n) is 5.35. The summed E-state index contributed by atoms with van der Waals surface area (Å²) in [4.78, 5) is 22.1. The predicted octanol–water partition coefficient (Wildman–Crippen LogP) is 1.76. The van der Waals surface area contributed by atoms with Gasteiger partial charge in [-0.2, -0.15) is 0 Å². The molecule has 2 N–H and O–H groups in total. The van der Waals surface area contributed by atoms with Crippen molar-refractivity contribution >= 4 is 23.3 Å². The summed E-state index contributed by atoms with van der Waals surface area (Å²) in [5.74, 6) is -1.34. The molecule has 0 spiro atoms. The number of hydrogen-bond donors (Lipinski definition) is 2. The highest BCUT2D eigenvalue weighted by atomic mass is 19.1. The second kappa shape index (κ2) is 6.00. The van der Waals surface area contributed by atoms with Crippen LogP contribution >= 0.6 is 0 Å². The summed E-state index contributed by atoms with van der Waals surface area (Å²) in [6.07, 6.45) is 0. The number of carbonyl (C=O) groups is 2. The summed E-state index contributed by atoms with van der Waals surface area (Å²) in [7, 11) is 1.29. The SMILES string of the molecule is COC(=O)C(C)Nc1ccc(F)c(NC(C)=O)c1. The Kier molecular flexibility index (Phi) is 4.65. The van der Waals surface area contributed by atoms with E-state index in [1.165, 1.54) is 32.2 Å². The highest BCUT2D eigenvalue weighted by Gasteiger charge is 2.13. The van der Waals surface area contributed by atoms with Crippen LogP contribution in [-0.2, 0) is 14.3 Å². The number of halogens is 1. The smallest absolute Gasteiger partial charge is 0.327 e. The second-order valence-electron chi connectivity index (χ2n) is 3.76. The van der Waals surface area contributed by atoms with E-state index < -0.39 is 17.8 Å². The molecule has 5 nitrogen and oxygen atoms in total. The van der Waals surface area contributed by atoms with Gasteiger partial charge in [0.1, 0.15) is 11.9 Å². The Morgan fingerprint density at radius 2 is 2.06 bits per heavy atom. The molecule has 1 unspecified atom stereocenters. The van der Waals surface area contributed by atoms with Crippen molar-refractivity contribution in [3.05, 3.63) is 24.0 Å². The van der Waals surface area contributed by atoms with E-state index in [1.807, 2.05) is 0 Å². The van der Waals surface area contributed by atoms with Crippen molar-refractivity contribution in [2.24, 2.45) is 0 Å². The summed E-state index contributed by atoms with van der Waals surface area (Å²) >= 11 is 0. The molecule has 1 amide bonds. The Bertz CT molecular complexity index is 463. The van der Waals surface area contributed by atoms with Crippen molar-refractivity contribution in [1.29, 1.82) is 0 Å². The van der Waals surface area contributed by atoms with Gasteiger partial charge in [-0.3, -0.25) is 4.79 Å². The Labute approximate surface area is 104 Å². The van der Waals surface area contributed by atoms with Crippen LogP contribution in [0.1, 0.15) is 13.8 Å². The Hall–Kier alpha value is -2.11. The standard InChI is InChI=1S/C12H15FN2O3/c1-7(12(17)18-3)14-9-4-5-10(13)11(6-9)15-8(2)16/h4-7,14H,1-3H3,(H,15,16). The van der Waals surface area contributed by atoms with E-state index in [0.29, 0.717) is 5.69 Å². The minimum Gasteiger partial charge on any atom is -0.467 e. The van der Waals surface area contributed by atoms with Gasteiger partial charge in [-0.15, -0.1) is 0 Å². The van der Waals surface area contributed by atoms with Crippen molar-refractivity contribution < 1.29 is 18.7 Å². The molecule has 0 aliphatic rings. The van der Waals surface area contributed by atoms with Crippen molar-refractivity contribution in [2.75, 3.05) is 17.7 Å². The third-order valence-corrected chi connectivity index (χ3v) is 2.21. The average molecular weight is 254 g/mol. The number of esters is 1. The minimum absolute atomic E-state index is 0.0598. The van der Waals surface area contributed by atoms with Crippen LogP contribution in [0.5, 0.6) is 0 Å². The zero-order valence-electron chi connectivity index (χ0n) is 10.4. The maximum atomic E-state index is 13.4. The van der Waals surface area contributed by atoms with Gasteiger partial charge in [-0.05, 0) is 25.1 Å². The lowest BCUT2D eigenvalue weighted by Gasteiger charge is -2.14. The monoisotopic (exact) mass is 254 g/mol. The molecule has 0 fully saturated rings. The summed E-state index contributed by atoms with van der Waals surface area (Å²) in [5.41, 5.74) is 0.572. The molecule has 6 heteroatoms. The van der Waals surface area contributed by atoms with Gasteiger partial charge in [-0.1, -0.05) is 0 Å². The number of nitrogens with one attached hydrogen (secondary N) is 2. The van der Waals surface area contributed by atoms with Crippen LogP contribution in [0, 0.1) is 5.82 Å². The van der Waals surface area contributed by atoms with E-state index in [4.69, 9.17) is 0 Å². The van der Waals surface area contributed by atoms with Gasteiger partial charge in [0.25, 0.3) is 0 Å². The number of amides is 1. The number of benzene rings is 1. The first-order chi connectivity index (χ1) is 8.43. The van der Waals surface area contributed by atoms with Gasteiger partial charge in [0, 0.05) is 12.6 Å². The molecule has 1 aromatic rings. The molecule has 0 bridgehead atoms. The van der Waals surface area contributed by atoms with E-state index in [2.05, 4.69) is 15.4 Å². The summed E-state index contributed by atoms with van der Waals surface area (Å²) in [6.45, 7) is 2.91. The number of rotatable bonds is 4. The fourth-order valence-corrected chi connectivity index (χ4v) is 1.39. The Morgan fingerprint density at radius 1 is 1.39 bits per heavy atom. The number of anilines is 2. The minimum atomic E-state index is -0.564. The van der Waals surface area contributed by atoms with E-state index in [1.54, 1.807) is 6.92 Å². The predicted molar refractivity (Wildman–Crippen MR) is 65.8 cm³/mol. The lowest BCUT2D eigenvalue weighted by molar-refractivity contribution is -0.141.